The van der Waals surface area contributed by atoms with E-state index >= 15 is 0 Å². The van der Waals surface area contributed by atoms with Gasteiger partial charge in [0.25, 0.3) is 0 Å². The van der Waals surface area contributed by atoms with Gasteiger partial charge in [-0.25, -0.2) is 0 Å². The van der Waals surface area contributed by atoms with Crippen LogP contribution in [0.1, 0.15) is 6.92 Å². The van der Waals surface area contributed by atoms with Gasteiger partial charge in [0.15, 0.2) is 0 Å². The molecule has 0 spiro atoms. The van der Waals surface area contributed by atoms with E-state index in [-0.39, 0.29) is 6.04 Å². The summed E-state index contributed by atoms with van der Waals surface area (Å²) in [6.45, 7) is 2.28. The third-order valence-electron chi connectivity index (χ3n) is 9.61. The zero-order valence-electron chi connectivity index (χ0n) is 30.3. The molecule has 0 heterocycles. The minimum Gasteiger partial charge on any atom is -0.356 e. The molecule has 0 fully saturated rings. The number of hydrogen-bond acceptors (Lipinski definition) is 5. The van der Waals surface area contributed by atoms with E-state index in [1.54, 1.807) is 0 Å². The predicted molar refractivity (Wildman–Crippen MR) is 229 cm³/mol. The van der Waals surface area contributed by atoms with Crippen LogP contribution < -0.4 is 25.8 Å². The Morgan fingerprint density at radius 3 is 1.09 bits per heavy atom. The van der Waals surface area contributed by atoms with Gasteiger partial charge in [-0.2, -0.15) is 0 Å². The van der Waals surface area contributed by atoms with E-state index in [1.807, 2.05) is 12.1 Å². The third kappa shape index (κ3) is 8.06. The first-order valence-corrected chi connectivity index (χ1v) is 18.5. The highest BCUT2D eigenvalue weighted by Gasteiger charge is 2.25. The van der Waals surface area contributed by atoms with Gasteiger partial charge in [0.05, 0.1) is 6.04 Å². The van der Waals surface area contributed by atoms with E-state index in [1.165, 1.54) is 11.4 Å². The predicted octanol–water partition coefficient (Wildman–Crippen LogP) is 13.4. The largest absolute Gasteiger partial charge is 0.356 e. The van der Waals surface area contributed by atoms with E-state index < -0.39 is 0 Å². The van der Waals surface area contributed by atoms with Gasteiger partial charge in [-0.05, 0) is 127 Å². The summed E-state index contributed by atoms with van der Waals surface area (Å²) in [7, 11) is 0. The van der Waals surface area contributed by atoms with E-state index in [2.05, 4.69) is 233 Å². The third-order valence-corrected chi connectivity index (χ3v) is 9.61. The average Bonchev–Trinajstić information content (AvgIpc) is 3.23. The summed E-state index contributed by atoms with van der Waals surface area (Å²) in [5, 5.41) is 10.7. The fourth-order valence-electron chi connectivity index (χ4n) is 6.96. The molecule has 264 valence electrons. The standard InChI is InChI=1S/C49H43N5/c1-37-36-43(32-35-49(37)54(46-18-10-4-11-19-46)47-20-12-5-13-21-47)52-41-28-26-39(27-29-41)50-38-22-24-40(25-23-38)51-42-30-33-48(34-31-42)53(44-14-6-2-7-15-44)45-16-8-3-9-17-45/h2-37,49-52H,1H3. The molecule has 0 saturated carbocycles. The number of rotatable bonds is 12. The SMILES string of the molecule is CC1C=C(Nc2ccc(Nc3ccc(Nc4ccc(N(c5ccccc5)c5ccccc5)cc4)cc3)cc2)C=CC1N(c1ccccc1)c1ccccc1. The molecule has 0 aliphatic heterocycles. The van der Waals surface area contributed by atoms with Crippen molar-refractivity contribution in [1.82, 2.24) is 0 Å². The maximum atomic E-state index is 3.62. The minimum atomic E-state index is 0.199. The smallest absolute Gasteiger partial charge is 0.0586 e. The summed E-state index contributed by atoms with van der Waals surface area (Å²) in [5.74, 6) is 0.292. The van der Waals surface area contributed by atoms with E-state index in [4.69, 9.17) is 0 Å². The molecule has 0 aromatic heterocycles. The fourth-order valence-corrected chi connectivity index (χ4v) is 6.96. The number of nitrogens with one attached hydrogen (secondary N) is 3. The van der Waals surface area contributed by atoms with Crippen molar-refractivity contribution in [2.24, 2.45) is 5.92 Å². The van der Waals surface area contributed by atoms with Crippen LogP contribution in [0.25, 0.3) is 0 Å². The van der Waals surface area contributed by atoms with Gasteiger partial charge in [0.2, 0.25) is 0 Å². The second-order valence-corrected chi connectivity index (χ2v) is 13.5. The Hall–Kier alpha value is -6.98. The summed E-state index contributed by atoms with van der Waals surface area (Å²) in [6, 6.07) is 67.7. The zero-order valence-corrected chi connectivity index (χ0v) is 30.3. The van der Waals surface area contributed by atoms with Gasteiger partial charge >= 0.3 is 0 Å². The molecule has 5 heteroatoms. The highest BCUT2D eigenvalue weighted by atomic mass is 15.2. The van der Waals surface area contributed by atoms with Crippen molar-refractivity contribution in [3.63, 3.8) is 0 Å². The fraction of sp³-hybridized carbons (Fsp3) is 0.0612. The first kappa shape index (κ1) is 34.1. The molecule has 0 radical (unpaired) electrons. The van der Waals surface area contributed by atoms with Gasteiger partial charge in [0.1, 0.15) is 0 Å². The van der Waals surface area contributed by atoms with Crippen LogP contribution in [-0.2, 0) is 0 Å². The Bertz CT molecular complexity index is 2210. The first-order valence-electron chi connectivity index (χ1n) is 18.5. The normalized spacial score (nSPS) is 14.8. The van der Waals surface area contributed by atoms with Gasteiger partial charge in [-0.3, -0.25) is 0 Å². The lowest BCUT2D eigenvalue weighted by molar-refractivity contribution is 0.605. The summed E-state index contributed by atoms with van der Waals surface area (Å²) in [5.41, 5.74) is 12.0. The van der Waals surface area contributed by atoms with Gasteiger partial charge in [-0.15, -0.1) is 0 Å². The van der Waals surface area contributed by atoms with Crippen molar-refractivity contribution >= 4 is 56.9 Å². The molecule has 0 amide bonds. The molecule has 5 nitrogen and oxygen atoms in total. The van der Waals surface area contributed by atoms with Crippen molar-refractivity contribution in [2.45, 2.75) is 13.0 Å². The molecule has 7 aromatic carbocycles. The van der Waals surface area contributed by atoms with Crippen LogP contribution in [0.2, 0.25) is 0 Å². The van der Waals surface area contributed by atoms with Gasteiger partial charge in [0, 0.05) is 68.5 Å². The number of allylic oxidation sites excluding steroid dienone is 1. The Kier molecular flexibility index (Phi) is 10.2. The first-order chi connectivity index (χ1) is 26.7. The minimum absolute atomic E-state index is 0.199. The molecule has 0 saturated heterocycles. The molecule has 1 aliphatic rings. The number of benzene rings is 7. The van der Waals surface area contributed by atoms with Crippen LogP contribution >= 0.6 is 0 Å². The van der Waals surface area contributed by atoms with Crippen molar-refractivity contribution in [2.75, 3.05) is 25.8 Å². The van der Waals surface area contributed by atoms with Crippen molar-refractivity contribution in [1.29, 1.82) is 0 Å². The summed E-state index contributed by atoms with van der Waals surface area (Å²) in [6.07, 6.45) is 6.83. The number of hydrogen-bond donors (Lipinski definition) is 3. The molecule has 8 rings (SSSR count). The molecule has 54 heavy (non-hydrogen) atoms. The molecular formula is C49H43N5. The highest BCUT2D eigenvalue weighted by molar-refractivity contribution is 5.78. The molecule has 1 aliphatic carbocycles. The molecule has 7 aromatic rings. The van der Waals surface area contributed by atoms with Crippen molar-refractivity contribution in [3.8, 4) is 0 Å². The monoisotopic (exact) mass is 701 g/mol. The molecule has 3 N–H and O–H groups in total. The summed E-state index contributed by atoms with van der Waals surface area (Å²) >= 11 is 0. The van der Waals surface area contributed by atoms with Crippen molar-refractivity contribution < 1.29 is 0 Å². The quantitative estimate of drug-likeness (QED) is 0.118. The average molecular weight is 702 g/mol. The van der Waals surface area contributed by atoms with Crippen LogP contribution in [0.3, 0.4) is 0 Å². The van der Waals surface area contributed by atoms with Crippen LogP contribution in [-0.4, -0.2) is 6.04 Å². The number of nitrogens with zero attached hydrogens (tertiary/aromatic N) is 2. The Morgan fingerprint density at radius 2 is 0.704 bits per heavy atom. The van der Waals surface area contributed by atoms with E-state index in [0.29, 0.717) is 5.92 Å². The van der Waals surface area contributed by atoms with Gasteiger partial charge in [-0.1, -0.05) is 91.9 Å². The zero-order chi connectivity index (χ0) is 36.5. The Labute approximate surface area is 318 Å². The van der Waals surface area contributed by atoms with Crippen molar-refractivity contribution in [3.05, 3.63) is 218 Å². The molecule has 2 atom stereocenters. The van der Waals surface area contributed by atoms with Crippen LogP contribution in [0.15, 0.2) is 218 Å². The van der Waals surface area contributed by atoms with Crippen LogP contribution in [0.5, 0.6) is 0 Å². The molecule has 2 unspecified atom stereocenters. The van der Waals surface area contributed by atoms with Gasteiger partial charge < -0.3 is 25.8 Å². The van der Waals surface area contributed by atoms with E-state index in [9.17, 15) is 0 Å². The lowest BCUT2D eigenvalue weighted by Gasteiger charge is -2.36. The summed E-state index contributed by atoms with van der Waals surface area (Å²) < 4.78 is 0. The number of para-hydroxylation sites is 4. The Morgan fingerprint density at radius 1 is 0.370 bits per heavy atom. The van der Waals surface area contributed by atoms with Crippen LogP contribution in [0, 0.1) is 5.92 Å². The molecule has 0 bridgehead atoms. The lowest BCUT2D eigenvalue weighted by atomic mass is 9.93. The highest BCUT2D eigenvalue weighted by Crippen LogP contribution is 2.36. The van der Waals surface area contributed by atoms with Crippen LogP contribution in [0.4, 0.5) is 56.9 Å². The maximum Gasteiger partial charge on any atom is 0.0586 e. The van der Waals surface area contributed by atoms with E-state index in [0.717, 1.165) is 51.2 Å². The maximum absolute atomic E-state index is 3.62. The Balaban J connectivity index is 0.874. The molecular weight excluding hydrogens is 659 g/mol. The lowest BCUT2D eigenvalue weighted by Crippen LogP contribution is -2.36. The summed E-state index contributed by atoms with van der Waals surface area (Å²) in [4.78, 5) is 4.68. The topological polar surface area (TPSA) is 42.6 Å². The second-order valence-electron chi connectivity index (χ2n) is 13.5. The number of anilines is 10. The second kappa shape index (κ2) is 16.1.